The van der Waals surface area contributed by atoms with Gasteiger partial charge < -0.3 is 15.2 Å². The molecule has 1 rings (SSSR count). The van der Waals surface area contributed by atoms with Gasteiger partial charge in [-0.1, -0.05) is 0 Å². The molecule has 4 heteroatoms. The van der Waals surface area contributed by atoms with E-state index < -0.39 is 0 Å². The maximum Gasteiger partial charge on any atom is 0.0585 e. The van der Waals surface area contributed by atoms with E-state index in [1.165, 1.54) is 12.8 Å². The van der Waals surface area contributed by atoms with E-state index in [2.05, 4.69) is 5.32 Å². The summed E-state index contributed by atoms with van der Waals surface area (Å²) in [6.07, 6.45) is 4.78. The Balaban J connectivity index is 1.87. The number of ether oxygens (including phenoxy) is 1. The smallest absolute Gasteiger partial charge is 0.0585 e. The molecule has 0 bridgehead atoms. The van der Waals surface area contributed by atoms with Gasteiger partial charge in [0.15, 0.2) is 0 Å². The molecule has 3 nitrogen and oxygen atoms in total. The Hall–Kier alpha value is 0.230. The van der Waals surface area contributed by atoms with Crippen molar-refractivity contribution >= 4 is 11.8 Å². The number of rotatable bonds is 10. The summed E-state index contributed by atoms with van der Waals surface area (Å²) < 4.78 is 4.99. The minimum Gasteiger partial charge on any atom is -0.395 e. The van der Waals surface area contributed by atoms with E-state index in [4.69, 9.17) is 9.84 Å². The summed E-state index contributed by atoms with van der Waals surface area (Å²) in [7, 11) is 1.74. The Bertz CT molecular complexity index is 154. The molecular formula is C11H23NO2S. The molecule has 0 aromatic carbocycles. The van der Waals surface area contributed by atoms with Crippen molar-refractivity contribution in [3.05, 3.63) is 0 Å². The van der Waals surface area contributed by atoms with Crippen LogP contribution in [0.2, 0.25) is 0 Å². The van der Waals surface area contributed by atoms with Crippen LogP contribution in [0.25, 0.3) is 0 Å². The van der Waals surface area contributed by atoms with Crippen molar-refractivity contribution in [2.75, 3.05) is 31.8 Å². The van der Waals surface area contributed by atoms with Gasteiger partial charge in [0.2, 0.25) is 0 Å². The number of nitrogens with one attached hydrogen (secondary N) is 1. The van der Waals surface area contributed by atoms with Crippen LogP contribution in [0.1, 0.15) is 25.7 Å². The highest BCUT2D eigenvalue weighted by molar-refractivity contribution is 7.99. The van der Waals surface area contributed by atoms with E-state index >= 15 is 0 Å². The van der Waals surface area contributed by atoms with Crippen LogP contribution in [-0.4, -0.2) is 49.0 Å². The number of aliphatic hydroxyl groups is 1. The molecule has 0 aliphatic heterocycles. The lowest BCUT2D eigenvalue weighted by atomic mass is 10.2. The van der Waals surface area contributed by atoms with Crippen LogP contribution in [0.15, 0.2) is 0 Å². The summed E-state index contributed by atoms with van der Waals surface area (Å²) in [5.41, 5.74) is 0. The van der Waals surface area contributed by atoms with Gasteiger partial charge in [0.25, 0.3) is 0 Å². The van der Waals surface area contributed by atoms with Crippen molar-refractivity contribution < 1.29 is 9.84 Å². The van der Waals surface area contributed by atoms with Gasteiger partial charge in [0, 0.05) is 25.8 Å². The minimum absolute atomic E-state index is 0.273. The molecule has 1 unspecified atom stereocenters. The first-order valence-electron chi connectivity index (χ1n) is 5.80. The van der Waals surface area contributed by atoms with E-state index in [0.29, 0.717) is 12.1 Å². The first-order chi connectivity index (χ1) is 7.36. The highest BCUT2D eigenvalue weighted by atomic mass is 32.2. The molecule has 1 aliphatic rings. The Kier molecular flexibility index (Phi) is 7.44. The topological polar surface area (TPSA) is 41.5 Å². The maximum atomic E-state index is 9.15. The molecule has 2 N–H and O–H groups in total. The lowest BCUT2D eigenvalue weighted by molar-refractivity contribution is 0.200. The molecule has 1 aliphatic carbocycles. The molecule has 1 saturated carbocycles. The average Bonchev–Trinajstić information content (AvgIpc) is 3.05. The van der Waals surface area contributed by atoms with E-state index in [0.717, 1.165) is 31.0 Å². The summed E-state index contributed by atoms with van der Waals surface area (Å²) in [5.74, 6) is 2.30. The zero-order valence-corrected chi connectivity index (χ0v) is 10.4. The van der Waals surface area contributed by atoms with Crippen LogP contribution in [0.3, 0.4) is 0 Å². The molecule has 0 amide bonds. The third-order valence-electron chi connectivity index (χ3n) is 2.52. The van der Waals surface area contributed by atoms with Gasteiger partial charge in [-0.3, -0.25) is 0 Å². The Morgan fingerprint density at radius 2 is 2.27 bits per heavy atom. The normalized spacial score (nSPS) is 18.0. The summed E-state index contributed by atoms with van der Waals surface area (Å²) >= 11 is 1.95. The molecule has 0 aromatic rings. The Morgan fingerprint density at radius 3 is 2.87 bits per heavy atom. The Labute approximate surface area is 97.0 Å². The molecule has 0 heterocycles. The lowest BCUT2D eigenvalue weighted by Crippen LogP contribution is -2.34. The Morgan fingerprint density at radius 1 is 1.47 bits per heavy atom. The minimum atomic E-state index is 0.273. The quantitative estimate of drug-likeness (QED) is 0.557. The zero-order valence-electron chi connectivity index (χ0n) is 9.58. The second kappa shape index (κ2) is 8.39. The largest absolute Gasteiger partial charge is 0.395 e. The fourth-order valence-corrected chi connectivity index (χ4v) is 2.42. The number of methoxy groups -OCH3 is 1. The first-order valence-corrected chi connectivity index (χ1v) is 6.96. The summed E-state index contributed by atoms with van der Waals surface area (Å²) in [6.45, 7) is 1.13. The van der Waals surface area contributed by atoms with Crippen LogP contribution in [0.5, 0.6) is 0 Å². The number of aliphatic hydroxyl groups excluding tert-OH is 1. The lowest BCUT2D eigenvalue weighted by Gasteiger charge is -2.15. The molecule has 0 saturated heterocycles. The van der Waals surface area contributed by atoms with Crippen LogP contribution in [-0.2, 0) is 4.74 Å². The SMILES string of the molecule is COCCCSCCC(CO)NC1CC1. The fraction of sp³-hybridized carbons (Fsp3) is 1.00. The van der Waals surface area contributed by atoms with Crippen molar-refractivity contribution in [1.29, 1.82) is 0 Å². The molecule has 1 atom stereocenters. The number of hydrogen-bond acceptors (Lipinski definition) is 4. The highest BCUT2D eigenvalue weighted by Crippen LogP contribution is 2.20. The maximum absolute atomic E-state index is 9.15. The molecule has 1 fully saturated rings. The van der Waals surface area contributed by atoms with Crippen LogP contribution >= 0.6 is 11.8 Å². The molecule has 90 valence electrons. The van der Waals surface area contributed by atoms with Crippen molar-refractivity contribution in [3.63, 3.8) is 0 Å². The zero-order chi connectivity index (χ0) is 10.9. The van der Waals surface area contributed by atoms with E-state index in [9.17, 15) is 0 Å². The van der Waals surface area contributed by atoms with Crippen molar-refractivity contribution in [1.82, 2.24) is 5.32 Å². The van der Waals surface area contributed by atoms with Gasteiger partial charge in [-0.25, -0.2) is 0 Å². The molecule has 0 radical (unpaired) electrons. The van der Waals surface area contributed by atoms with E-state index in [1.807, 2.05) is 11.8 Å². The van der Waals surface area contributed by atoms with Gasteiger partial charge >= 0.3 is 0 Å². The van der Waals surface area contributed by atoms with Gasteiger partial charge in [0.05, 0.1) is 6.61 Å². The average molecular weight is 233 g/mol. The molecule has 0 aromatic heterocycles. The monoisotopic (exact) mass is 233 g/mol. The number of thioether (sulfide) groups is 1. The summed E-state index contributed by atoms with van der Waals surface area (Å²) in [5, 5.41) is 12.6. The number of hydrogen-bond donors (Lipinski definition) is 2. The van der Waals surface area contributed by atoms with Gasteiger partial charge in [-0.05, 0) is 37.2 Å². The van der Waals surface area contributed by atoms with Crippen molar-refractivity contribution in [3.8, 4) is 0 Å². The molecule has 0 spiro atoms. The van der Waals surface area contributed by atoms with Crippen LogP contribution < -0.4 is 5.32 Å². The molecular weight excluding hydrogens is 210 g/mol. The van der Waals surface area contributed by atoms with Gasteiger partial charge in [0.1, 0.15) is 0 Å². The second-order valence-electron chi connectivity index (χ2n) is 4.07. The van der Waals surface area contributed by atoms with Crippen molar-refractivity contribution in [2.45, 2.75) is 37.8 Å². The predicted molar refractivity (Wildman–Crippen MR) is 65.5 cm³/mol. The third-order valence-corrected chi connectivity index (χ3v) is 3.62. The highest BCUT2D eigenvalue weighted by Gasteiger charge is 2.23. The van der Waals surface area contributed by atoms with Crippen LogP contribution in [0.4, 0.5) is 0 Å². The van der Waals surface area contributed by atoms with Gasteiger partial charge in [-0.2, -0.15) is 11.8 Å². The van der Waals surface area contributed by atoms with Crippen molar-refractivity contribution in [2.24, 2.45) is 0 Å². The van der Waals surface area contributed by atoms with E-state index in [-0.39, 0.29) is 6.61 Å². The van der Waals surface area contributed by atoms with E-state index in [1.54, 1.807) is 7.11 Å². The summed E-state index contributed by atoms with van der Waals surface area (Å²) in [6, 6.07) is 1.01. The first kappa shape index (κ1) is 13.3. The summed E-state index contributed by atoms with van der Waals surface area (Å²) in [4.78, 5) is 0. The standard InChI is InChI=1S/C11H23NO2S/c1-14-6-2-7-15-8-5-11(9-13)12-10-3-4-10/h10-13H,2-9H2,1H3. The third kappa shape index (κ3) is 7.17. The molecule has 15 heavy (non-hydrogen) atoms. The fourth-order valence-electron chi connectivity index (χ4n) is 1.44. The van der Waals surface area contributed by atoms with Gasteiger partial charge in [-0.15, -0.1) is 0 Å². The van der Waals surface area contributed by atoms with Crippen LogP contribution in [0, 0.1) is 0 Å². The second-order valence-corrected chi connectivity index (χ2v) is 5.29. The predicted octanol–water partition coefficient (Wildman–Crippen LogP) is 1.26.